The van der Waals surface area contributed by atoms with Crippen LogP contribution >= 0.6 is 0 Å². The summed E-state index contributed by atoms with van der Waals surface area (Å²) in [5, 5.41) is 9.22. The normalized spacial score (nSPS) is 23.2. The Morgan fingerprint density at radius 1 is 1.21 bits per heavy atom. The van der Waals surface area contributed by atoms with E-state index in [4.69, 9.17) is 4.74 Å². The number of hydrogen-bond acceptors (Lipinski definition) is 5. The summed E-state index contributed by atoms with van der Waals surface area (Å²) in [7, 11) is 0. The molecule has 0 saturated carbocycles. The smallest absolute Gasteiger partial charge is 0.124 e. The number of nitrogens with zero attached hydrogens (tertiary/aromatic N) is 4. The van der Waals surface area contributed by atoms with Gasteiger partial charge in [0.25, 0.3) is 0 Å². The van der Waals surface area contributed by atoms with Crippen molar-refractivity contribution in [3.63, 3.8) is 0 Å². The van der Waals surface area contributed by atoms with Crippen LogP contribution in [0, 0.1) is 17.1 Å². The summed E-state index contributed by atoms with van der Waals surface area (Å²) in [5.74, 6) is -0.358. The minimum absolute atomic E-state index is 0.283. The molecule has 2 fully saturated rings. The van der Waals surface area contributed by atoms with Crippen LogP contribution in [0.1, 0.15) is 12.5 Å². The molecule has 0 aliphatic carbocycles. The molecule has 0 aromatic heterocycles. The fourth-order valence-corrected chi connectivity index (χ4v) is 3.51. The number of morpholine rings is 1. The maximum absolute atomic E-state index is 13.3. The number of ether oxygens (including phenoxy) is 1. The molecule has 2 aliphatic rings. The second kappa shape index (κ2) is 7.93. The van der Waals surface area contributed by atoms with Gasteiger partial charge in [-0.25, -0.2) is 4.39 Å². The molecule has 1 atom stereocenters. The lowest BCUT2D eigenvalue weighted by Crippen LogP contribution is -2.52. The highest BCUT2D eigenvalue weighted by Gasteiger charge is 2.25. The highest BCUT2D eigenvalue weighted by molar-refractivity contribution is 5.59. The third-order valence-corrected chi connectivity index (χ3v) is 4.92. The highest BCUT2D eigenvalue weighted by Crippen LogP contribution is 2.22. The molecule has 0 bridgehead atoms. The van der Waals surface area contributed by atoms with Crippen LogP contribution in [-0.4, -0.2) is 74.9 Å². The molecular formula is C18H25FN4O. The Balaban J connectivity index is 1.54. The Labute approximate surface area is 143 Å². The third-order valence-electron chi connectivity index (χ3n) is 4.92. The Bertz CT molecular complexity index is 595. The number of hydrogen-bond donors (Lipinski definition) is 0. The number of rotatable bonds is 4. The first-order chi connectivity index (χ1) is 11.7. The number of benzene rings is 1. The number of anilines is 1. The van der Waals surface area contributed by atoms with E-state index in [1.165, 1.54) is 12.1 Å². The van der Waals surface area contributed by atoms with E-state index < -0.39 is 0 Å². The molecule has 2 aliphatic heterocycles. The molecule has 6 heteroatoms. The van der Waals surface area contributed by atoms with Crippen LogP contribution in [-0.2, 0) is 4.74 Å². The molecule has 2 heterocycles. The van der Waals surface area contributed by atoms with Gasteiger partial charge in [-0.2, -0.15) is 5.26 Å². The van der Waals surface area contributed by atoms with Crippen molar-refractivity contribution in [3.8, 4) is 6.07 Å². The molecule has 1 unspecified atom stereocenters. The molecule has 1 aromatic rings. The minimum Gasteiger partial charge on any atom is -0.374 e. The lowest BCUT2D eigenvalue weighted by Gasteiger charge is -2.40. The molecule has 0 radical (unpaired) electrons. The zero-order valence-electron chi connectivity index (χ0n) is 14.2. The van der Waals surface area contributed by atoms with Crippen LogP contribution in [0.3, 0.4) is 0 Å². The van der Waals surface area contributed by atoms with Gasteiger partial charge in [-0.15, -0.1) is 0 Å². The van der Waals surface area contributed by atoms with Crippen LogP contribution in [0.4, 0.5) is 10.1 Å². The number of nitriles is 1. The molecule has 0 N–H and O–H groups in total. The molecule has 0 amide bonds. The van der Waals surface area contributed by atoms with Crippen LogP contribution in [0.15, 0.2) is 18.2 Å². The Morgan fingerprint density at radius 2 is 2.00 bits per heavy atom. The second-order valence-corrected chi connectivity index (χ2v) is 6.45. The monoisotopic (exact) mass is 332 g/mol. The SMILES string of the molecule is CCN1CCOC(CN2CCN(c3ccc(F)cc3C#N)CC2)C1. The summed E-state index contributed by atoms with van der Waals surface area (Å²) in [6.07, 6.45) is 0.283. The van der Waals surface area contributed by atoms with Gasteiger partial charge in [-0.05, 0) is 24.7 Å². The maximum atomic E-state index is 13.3. The highest BCUT2D eigenvalue weighted by atomic mass is 19.1. The van der Waals surface area contributed by atoms with Gasteiger partial charge in [0.05, 0.1) is 24.0 Å². The first-order valence-corrected chi connectivity index (χ1v) is 8.70. The summed E-state index contributed by atoms with van der Waals surface area (Å²) < 4.78 is 19.2. The molecule has 0 spiro atoms. The van der Waals surface area contributed by atoms with Gasteiger partial charge < -0.3 is 9.64 Å². The number of halogens is 1. The summed E-state index contributed by atoms with van der Waals surface area (Å²) in [4.78, 5) is 7.03. The van der Waals surface area contributed by atoms with Crippen molar-refractivity contribution in [3.05, 3.63) is 29.6 Å². The van der Waals surface area contributed by atoms with Crippen molar-refractivity contribution in [2.45, 2.75) is 13.0 Å². The van der Waals surface area contributed by atoms with Crippen LogP contribution in [0.5, 0.6) is 0 Å². The lowest BCUT2D eigenvalue weighted by atomic mass is 10.1. The summed E-state index contributed by atoms with van der Waals surface area (Å²) in [5.41, 5.74) is 1.25. The molecule has 130 valence electrons. The zero-order valence-corrected chi connectivity index (χ0v) is 14.2. The quantitative estimate of drug-likeness (QED) is 0.837. The predicted molar refractivity (Wildman–Crippen MR) is 91.6 cm³/mol. The fourth-order valence-electron chi connectivity index (χ4n) is 3.51. The standard InChI is InChI=1S/C18H25FN4O/c1-2-21-9-10-24-17(13-21)14-22-5-7-23(8-6-22)18-4-3-16(19)11-15(18)12-20/h3-4,11,17H,2,5-10,13-14H2,1H3. The average molecular weight is 332 g/mol. The topological polar surface area (TPSA) is 42.7 Å². The second-order valence-electron chi connectivity index (χ2n) is 6.45. The Kier molecular flexibility index (Phi) is 5.67. The first-order valence-electron chi connectivity index (χ1n) is 8.70. The van der Waals surface area contributed by atoms with E-state index in [-0.39, 0.29) is 11.9 Å². The Hall–Kier alpha value is -1.68. The molecule has 2 saturated heterocycles. The van der Waals surface area contributed by atoms with E-state index in [0.717, 1.165) is 64.7 Å². The molecule has 3 rings (SSSR count). The predicted octanol–water partition coefficient (Wildman–Crippen LogP) is 1.54. The number of piperazine rings is 1. The van der Waals surface area contributed by atoms with Gasteiger partial charge in [0.1, 0.15) is 11.9 Å². The first kappa shape index (κ1) is 17.2. The van der Waals surface area contributed by atoms with E-state index >= 15 is 0 Å². The Morgan fingerprint density at radius 3 is 2.71 bits per heavy atom. The van der Waals surface area contributed by atoms with Gasteiger partial charge in [-0.1, -0.05) is 6.92 Å². The lowest BCUT2D eigenvalue weighted by molar-refractivity contribution is -0.0422. The van der Waals surface area contributed by atoms with Crippen LogP contribution in [0.25, 0.3) is 0 Å². The van der Waals surface area contributed by atoms with Gasteiger partial charge >= 0.3 is 0 Å². The van der Waals surface area contributed by atoms with Gasteiger partial charge in [0.15, 0.2) is 0 Å². The van der Waals surface area contributed by atoms with E-state index in [0.29, 0.717) is 5.56 Å². The molecule has 24 heavy (non-hydrogen) atoms. The van der Waals surface area contributed by atoms with E-state index in [1.54, 1.807) is 6.07 Å². The van der Waals surface area contributed by atoms with Gasteiger partial charge in [0, 0.05) is 45.8 Å². The van der Waals surface area contributed by atoms with Crippen molar-refractivity contribution >= 4 is 5.69 Å². The third kappa shape index (κ3) is 4.04. The molecule has 1 aromatic carbocycles. The zero-order chi connectivity index (χ0) is 16.9. The van der Waals surface area contributed by atoms with Crippen molar-refractivity contribution in [2.75, 3.05) is 63.9 Å². The minimum atomic E-state index is -0.358. The van der Waals surface area contributed by atoms with E-state index in [2.05, 4.69) is 27.7 Å². The average Bonchev–Trinajstić information content (AvgIpc) is 2.62. The summed E-state index contributed by atoms with van der Waals surface area (Å²) in [6, 6.07) is 6.56. The van der Waals surface area contributed by atoms with Crippen LogP contribution < -0.4 is 4.90 Å². The van der Waals surface area contributed by atoms with E-state index in [9.17, 15) is 9.65 Å². The fraction of sp³-hybridized carbons (Fsp3) is 0.611. The van der Waals surface area contributed by atoms with E-state index in [1.807, 2.05) is 0 Å². The maximum Gasteiger partial charge on any atom is 0.124 e. The van der Waals surface area contributed by atoms with Crippen molar-refractivity contribution in [2.24, 2.45) is 0 Å². The summed E-state index contributed by atoms with van der Waals surface area (Å²) >= 11 is 0. The van der Waals surface area contributed by atoms with Crippen molar-refractivity contribution < 1.29 is 9.13 Å². The molecule has 5 nitrogen and oxygen atoms in total. The van der Waals surface area contributed by atoms with Crippen molar-refractivity contribution in [1.82, 2.24) is 9.80 Å². The van der Waals surface area contributed by atoms with Gasteiger partial charge in [0.2, 0.25) is 0 Å². The summed E-state index contributed by atoms with van der Waals surface area (Å²) in [6.45, 7) is 10.7. The van der Waals surface area contributed by atoms with Crippen molar-refractivity contribution in [1.29, 1.82) is 5.26 Å². The largest absolute Gasteiger partial charge is 0.374 e. The van der Waals surface area contributed by atoms with Gasteiger partial charge in [-0.3, -0.25) is 9.80 Å². The molecular weight excluding hydrogens is 307 g/mol. The number of likely N-dealkylation sites (N-methyl/N-ethyl adjacent to an activating group) is 1. The van der Waals surface area contributed by atoms with Crippen LogP contribution in [0.2, 0.25) is 0 Å².